The van der Waals surface area contributed by atoms with E-state index >= 15 is 0 Å². The molecule has 0 aromatic carbocycles. The lowest BCUT2D eigenvalue weighted by Crippen LogP contribution is -2.31. The SMILES string of the molecule is CN(C)C1=C(Cl)C(=O)C(Cl)(Cl)C1=O. The summed E-state index contributed by atoms with van der Waals surface area (Å²) in [5, 5.41) is -0.208. The summed E-state index contributed by atoms with van der Waals surface area (Å²) in [6, 6.07) is 0. The molecule has 6 heteroatoms. The summed E-state index contributed by atoms with van der Waals surface area (Å²) in [4.78, 5) is 24.1. The topological polar surface area (TPSA) is 37.4 Å². The second-order valence-electron chi connectivity index (χ2n) is 2.79. The van der Waals surface area contributed by atoms with Gasteiger partial charge in [-0.2, -0.15) is 0 Å². The van der Waals surface area contributed by atoms with Gasteiger partial charge in [-0.15, -0.1) is 0 Å². The molecule has 0 heterocycles. The lowest BCUT2D eigenvalue weighted by molar-refractivity contribution is -0.122. The highest BCUT2D eigenvalue weighted by Gasteiger charge is 2.52. The van der Waals surface area contributed by atoms with E-state index in [9.17, 15) is 9.59 Å². The molecule has 0 spiro atoms. The highest BCUT2D eigenvalue weighted by Crippen LogP contribution is 2.39. The third kappa shape index (κ3) is 1.45. The highest BCUT2D eigenvalue weighted by molar-refractivity contribution is 6.76. The molecule has 0 aromatic rings. The van der Waals surface area contributed by atoms with Crippen molar-refractivity contribution in [2.45, 2.75) is 4.33 Å². The largest absolute Gasteiger partial charge is 0.373 e. The molecule has 0 radical (unpaired) electrons. The number of halogens is 3. The zero-order valence-electron chi connectivity index (χ0n) is 6.90. The molecule has 13 heavy (non-hydrogen) atoms. The molecule has 1 aliphatic carbocycles. The number of hydrogen-bond acceptors (Lipinski definition) is 3. The van der Waals surface area contributed by atoms with Crippen molar-refractivity contribution in [1.29, 1.82) is 0 Å². The van der Waals surface area contributed by atoms with Gasteiger partial charge in [-0.3, -0.25) is 9.59 Å². The zero-order valence-corrected chi connectivity index (χ0v) is 9.17. The van der Waals surface area contributed by atoms with Crippen LogP contribution in [0.15, 0.2) is 10.7 Å². The number of carbonyl (C=O) groups excluding carboxylic acids is 2. The van der Waals surface area contributed by atoms with Crippen LogP contribution in [0.4, 0.5) is 0 Å². The summed E-state index contributed by atoms with van der Waals surface area (Å²) in [5.74, 6) is -1.43. The maximum atomic E-state index is 11.4. The van der Waals surface area contributed by atoms with Crippen molar-refractivity contribution in [3.8, 4) is 0 Å². The normalized spacial score (nSPS) is 21.3. The van der Waals surface area contributed by atoms with E-state index in [4.69, 9.17) is 34.8 Å². The Kier molecular flexibility index (Phi) is 2.63. The van der Waals surface area contributed by atoms with Gasteiger partial charge in [0, 0.05) is 14.1 Å². The third-order valence-electron chi connectivity index (χ3n) is 1.64. The molecule has 0 saturated heterocycles. The molecule has 0 unspecified atom stereocenters. The van der Waals surface area contributed by atoms with Crippen LogP contribution in [-0.4, -0.2) is 34.9 Å². The second-order valence-corrected chi connectivity index (χ2v) is 4.49. The van der Waals surface area contributed by atoms with Gasteiger partial charge < -0.3 is 4.90 Å². The Morgan fingerprint density at radius 1 is 1.15 bits per heavy atom. The van der Waals surface area contributed by atoms with E-state index in [2.05, 4.69) is 0 Å². The first kappa shape index (κ1) is 10.8. The van der Waals surface area contributed by atoms with Gasteiger partial charge >= 0.3 is 0 Å². The molecule has 0 bridgehead atoms. The predicted octanol–water partition coefficient (Wildman–Crippen LogP) is 1.32. The number of allylic oxidation sites excluding steroid dienone is 2. The van der Waals surface area contributed by atoms with Crippen LogP contribution in [0, 0.1) is 0 Å². The van der Waals surface area contributed by atoms with Gasteiger partial charge in [0.25, 0.3) is 0 Å². The Hall–Kier alpha value is -0.250. The summed E-state index contributed by atoms with van der Waals surface area (Å²) < 4.78 is -2.04. The van der Waals surface area contributed by atoms with Crippen LogP contribution in [0.1, 0.15) is 0 Å². The van der Waals surface area contributed by atoms with Gasteiger partial charge in [0.05, 0.1) is 0 Å². The van der Waals surface area contributed by atoms with Crippen molar-refractivity contribution in [3.63, 3.8) is 0 Å². The van der Waals surface area contributed by atoms with Gasteiger partial charge in [0.1, 0.15) is 10.7 Å². The lowest BCUT2D eigenvalue weighted by Gasteiger charge is -2.14. The van der Waals surface area contributed by atoms with E-state index < -0.39 is 15.9 Å². The van der Waals surface area contributed by atoms with E-state index in [1.165, 1.54) is 4.90 Å². The standard InChI is InChI=1S/C7H6Cl3NO2/c1-11(2)4-3(8)5(12)7(9,10)6(4)13/h1-2H3. The monoisotopic (exact) mass is 241 g/mol. The predicted molar refractivity (Wildman–Crippen MR) is 51.0 cm³/mol. The first-order chi connectivity index (χ1) is 5.80. The van der Waals surface area contributed by atoms with Crippen molar-refractivity contribution >= 4 is 46.4 Å². The number of carbonyl (C=O) groups is 2. The Morgan fingerprint density at radius 3 is 1.77 bits per heavy atom. The van der Waals surface area contributed by atoms with Crippen LogP contribution < -0.4 is 0 Å². The third-order valence-corrected chi connectivity index (χ3v) is 2.68. The molecule has 3 nitrogen and oxygen atoms in total. The summed E-state index contributed by atoms with van der Waals surface area (Å²) >= 11 is 16.6. The number of likely N-dealkylation sites (N-methyl/N-ethyl adjacent to an activating group) is 1. The molecule has 0 aliphatic heterocycles. The minimum atomic E-state index is -2.04. The zero-order chi connectivity index (χ0) is 10.4. The molecule has 0 saturated carbocycles. The van der Waals surface area contributed by atoms with Gasteiger partial charge in [-0.05, 0) is 0 Å². The number of hydrogen-bond donors (Lipinski definition) is 0. The van der Waals surface area contributed by atoms with Crippen molar-refractivity contribution < 1.29 is 9.59 Å². The van der Waals surface area contributed by atoms with Crippen molar-refractivity contribution in [3.05, 3.63) is 10.7 Å². The molecule has 72 valence electrons. The van der Waals surface area contributed by atoms with Gasteiger partial charge in [0.2, 0.25) is 15.9 Å². The van der Waals surface area contributed by atoms with E-state index in [0.717, 1.165) is 0 Å². The average Bonchev–Trinajstić information content (AvgIpc) is 2.14. The van der Waals surface area contributed by atoms with E-state index in [1.807, 2.05) is 0 Å². The number of Topliss-reactive ketones (excluding diaryl/α,β-unsaturated/α-hetero) is 2. The first-order valence-corrected chi connectivity index (χ1v) is 4.48. The number of ketones is 2. The fraction of sp³-hybridized carbons (Fsp3) is 0.429. The maximum absolute atomic E-state index is 11.4. The fourth-order valence-electron chi connectivity index (χ4n) is 0.996. The first-order valence-electron chi connectivity index (χ1n) is 3.34. The number of alkyl halides is 2. The van der Waals surface area contributed by atoms with Crippen molar-refractivity contribution in [2.24, 2.45) is 0 Å². The molecular weight excluding hydrogens is 236 g/mol. The van der Waals surface area contributed by atoms with Gasteiger partial charge in [-0.1, -0.05) is 34.8 Å². The molecule has 0 fully saturated rings. The van der Waals surface area contributed by atoms with Crippen LogP contribution >= 0.6 is 34.8 Å². The van der Waals surface area contributed by atoms with Crippen molar-refractivity contribution in [2.75, 3.05) is 14.1 Å². The molecule has 1 rings (SSSR count). The van der Waals surface area contributed by atoms with Gasteiger partial charge in [0.15, 0.2) is 0 Å². The maximum Gasteiger partial charge on any atom is 0.245 e. The quantitative estimate of drug-likeness (QED) is 0.514. The van der Waals surface area contributed by atoms with Gasteiger partial charge in [-0.25, -0.2) is 0 Å². The minimum Gasteiger partial charge on any atom is -0.373 e. The smallest absolute Gasteiger partial charge is 0.245 e. The van der Waals surface area contributed by atoms with Crippen LogP contribution in [0.2, 0.25) is 0 Å². The highest BCUT2D eigenvalue weighted by atomic mass is 35.5. The molecule has 0 aromatic heterocycles. The molecule has 0 N–H and O–H groups in total. The molecule has 0 atom stereocenters. The fourth-order valence-corrected chi connectivity index (χ4v) is 1.86. The van der Waals surface area contributed by atoms with E-state index in [0.29, 0.717) is 0 Å². The van der Waals surface area contributed by atoms with Crippen LogP contribution in [0.3, 0.4) is 0 Å². The molecular formula is C7H6Cl3NO2. The minimum absolute atomic E-state index is 0.0525. The molecule has 0 amide bonds. The van der Waals surface area contributed by atoms with E-state index in [1.54, 1.807) is 14.1 Å². The molecule has 1 aliphatic rings. The lowest BCUT2D eigenvalue weighted by atomic mass is 10.3. The Morgan fingerprint density at radius 2 is 1.62 bits per heavy atom. The second kappa shape index (κ2) is 3.15. The Labute approximate surface area is 90.2 Å². The van der Waals surface area contributed by atoms with Crippen LogP contribution in [0.5, 0.6) is 0 Å². The van der Waals surface area contributed by atoms with Crippen LogP contribution in [-0.2, 0) is 9.59 Å². The summed E-state index contributed by atoms with van der Waals surface area (Å²) in [6.07, 6.45) is 0. The summed E-state index contributed by atoms with van der Waals surface area (Å²) in [6.45, 7) is 0. The summed E-state index contributed by atoms with van der Waals surface area (Å²) in [7, 11) is 3.16. The Bertz CT molecular complexity index is 320. The summed E-state index contributed by atoms with van der Waals surface area (Å²) in [5.41, 5.74) is 0.0525. The number of rotatable bonds is 1. The number of nitrogens with zero attached hydrogens (tertiary/aromatic N) is 1. The Balaban J connectivity index is 3.25. The average molecular weight is 242 g/mol. The van der Waals surface area contributed by atoms with E-state index in [-0.39, 0.29) is 10.7 Å². The van der Waals surface area contributed by atoms with Crippen LogP contribution in [0.25, 0.3) is 0 Å². The van der Waals surface area contributed by atoms with Crippen molar-refractivity contribution in [1.82, 2.24) is 4.90 Å².